The van der Waals surface area contributed by atoms with E-state index in [-0.39, 0.29) is 17.3 Å². The highest BCUT2D eigenvalue weighted by Crippen LogP contribution is 2.60. The number of nitrogens with one attached hydrogen (secondary N) is 2. The Bertz CT molecular complexity index is 591. The second-order valence-electron chi connectivity index (χ2n) is 5.98. The number of amides is 2. The van der Waals surface area contributed by atoms with E-state index in [1.165, 1.54) is 43.9 Å². The minimum absolute atomic E-state index is 0.232. The van der Waals surface area contributed by atoms with Crippen LogP contribution in [0, 0.1) is 11.3 Å². The van der Waals surface area contributed by atoms with Crippen molar-refractivity contribution >= 4 is 17.7 Å². The monoisotopic (exact) mass is 290 g/mol. The van der Waals surface area contributed by atoms with Gasteiger partial charge in [0.25, 0.3) is 0 Å². The van der Waals surface area contributed by atoms with Gasteiger partial charge in [-0.3, -0.25) is 0 Å². The first-order valence-corrected chi connectivity index (χ1v) is 7.11. The number of rotatable bonds is 5. The van der Waals surface area contributed by atoms with Crippen molar-refractivity contribution in [2.24, 2.45) is 11.3 Å². The molecule has 21 heavy (non-hydrogen) atoms. The van der Waals surface area contributed by atoms with E-state index < -0.39 is 5.97 Å². The molecule has 2 saturated carbocycles. The second-order valence-corrected chi connectivity index (χ2v) is 5.98. The Morgan fingerprint density at radius 2 is 2.00 bits per heavy atom. The Morgan fingerprint density at radius 1 is 1.29 bits per heavy atom. The number of aromatic carboxylic acids is 1. The molecule has 1 aromatic rings. The van der Waals surface area contributed by atoms with Crippen LogP contribution in [0.2, 0.25) is 0 Å². The lowest BCUT2D eigenvalue weighted by atomic mass is 10.0. The van der Waals surface area contributed by atoms with Crippen molar-refractivity contribution in [2.75, 3.05) is 11.9 Å². The van der Waals surface area contributed by atoms with Gasteiger partial charge < -0.3 is 20.8 Å². The molecule has 4 N–H and O–H groups in total. The fourth-order valence-corrected chi connectivity index (χ4v) is 2.80. The number of hydrogen-bond acceptors (Lipinski definition) is 3. The van der Waals surface area contributed by atoms with Crippen LogP contribution in [0.5, 0.6) is 5.75 Å². The van der Waals surface area contributed by atoms with Crippen LogP contribution in [0.4, 0.5) is 10.5 Å². The van der Waals surface area contributed by atoms with Crippen LogP contribution in [-0.2, 0) is 0 Å². The van der Waals surface area contributed by atoms with Crippen LogP contribution in [0.3, 0.4) is 0 Å². The second kappa shape index (κ2) is 4.95. The molecule has 6 nitrogen and oxygen atoms in total. The van der Waals surface area contributed by atoms with E-state index in [0.717, 1.165) is 5.92 Å². The first-order chi connectivity index (χ1) is 10.00. The normalized spacial score (nSPS) is 18.9. The van der Waals surface area contributed by atoms with Crippen molar-refractivity contribution in [3.8, 4) is 5.75 Å². The largest absolute Gasteiger partial charge is 0.507 e. The molecule has 1 aromatic carbocycles. The zero-order chi connectivity index (χ0) is 15.0. The van der Waals surface area contributed by atoms with E-state index in [1.54, 1.807) is 0 Å². The first kappa shape index (κ1) is 13.7. The van der Waals surface area contributed by atoms with Crippen molar-refractivity contribution < 1.29 is 19.8 Å². The van der Waals surface area contributed by atoms with Gasteiger partial charge in [-0.2, -0.15) is 0 Å². The number of urea groups is 1. The van der Waals surface area contributed by atoms with Crippen LogP contribution in [0.25, 0.3) is 0 Å². The molecule has 0 radical (unpaired) electrons. The summed E-state index contributed by atoms with van der Waals surface area (Å²) < 4.78 is 0. The van der Waals surface area contributed by atoms with Gasteiger partial charge in [0.05, 0.1) is 0 Å². The Kier molecular flexibility index (Phi) is 3.23. The number of benzene rings is 1. The zero-order valence-corrected chi connectivity index (χ0v) is 11.6. The van der Waals surface area contributed by atoms with Crippen molar-refractivity contribution in [3.05, 3.63) is 23.8 Å². The maximum atomic E-state index is 11.9. The summed E-state index contributed by atoms with van der Waals surface area (Å²) in [5.74, 6) is -0.786. The molecule has 2 aliphatic rings. The SMILES string of the molecule is O=C(NCC1(C2CC2)CC1)Nc1ccc(O)c(C(=O)O)c1. The van der Waals surface area contributed by atoms with Crippen LogP contribution >= 0.6 is 0 Å². The number of carboxylic acids is 1. The first-order valence-electron chi connectivity index (χ1n) is 7.11. The van der Waals surface area contributed by atoms with Crippen molar-refractivity contribution in [1.29, 1.82) is 0 Å². The average molecular weight is 290 g/mol. The van der Waals surface area contributed by atoms with Crippen molar-refractivity contribution in [3.63, 3.8) is 0 Å². The molecule has 0 spiro atoms. The molecule has 0 atom stereocenters. The maximum absolute atomic E-state index is 11.9. The Labute approximate surface area is 122 Å². The van der Waals surface area contributed by atoms with E-state index in [4.69, 9.17) is 5.11 Å². The van der Waals surface area contributed by atoms with Gasteiger partial charge >= 0.3 is 12.0 Å². The predicted octanol–water partition coefficient (Wildman–Crippen LogP) is 2.40. The summed E-state index contributed by atoms with van der Waals surface area (Å²) in [5.41, 5.74) is 0.432. The topological polar surface area (TPSA) is 98.7 Å². The van der Waals surface area contributed by atoms with Crippen molar-refractivity contribution in [1.82, 2.24) is 5.32 Å². The van der Waals surface area contributed by atoms with Crippen LogP contribution in [-0.4, -0.2) is 28.8 Å². The van der Waals surface area contributed by atoms with Gasteiger partial charge in [0.15, 0.2) is 0 Å². The molecule has 0 bridgehead atoms. The van der Waals surface area contributed by atoms with Gasteiger partial charge in [-0.15, -0.1) is 0 Å². The molecule has 6 heteroatoms. The van der Waals surface area contributed by atoms with Crippen LogP contribution < -0.4 is 10.6 Å². The van der Waals surface area contributed by atoms with Gasteiger partial charge in [-0.1, -0.05) is 0 Å². The summed E-state index contributed by atoms with van der Waals surface area (Å²) in [4.78, 5) is 22.8. The molecular weight excluding hydrogens is 272 g/mol. The fraction of sp³-hybridized carbons (Fsp3) is 0.467. The molecule has 0 saturated heterocycles. The van der Waals surface area contributed by atoms with Crippen LogP contribution in [0.1, 0.15) is 36.0 Å². The predicted molar refractivity (Wildman–Crippen MR) is 76.5 cm³/mol. The summed E-state index contributed by atoms with van der Waals surface area (Å²) in [6, 6.07) is 3.62. The van der Waals surface area contributed by atoms with Gasteiger partial charge in [-0.05, 0) is 55.2 Å². The standard InChI is InChI=1S/C15H18N2O4/c18-12-4-3-10(7-11(12)13(19)20)17-14(21)16-8-15(5-6-15)9-1-2-9/h3-4,7,9,18H,1-2,5-6,8H2,(H,19,20)(H2,16,17,21). The van der Waals surface area contributed by atoms with E-state index in [9.17, 15) is 14.7 Å². The minimum atomic E-state index is -1.23. The molecule has 112 valence electrons. The summed E-state index contributed by atoms with van der Waals surface area (Å²) in [7, 11) is 0. The smallest absolute Gasteiger partial charge is 0.339 e. The van der Waals surface area contributed by atoms with E-state index >= 15 is 0 Å². The molecule has 2 aliphatic carbocycles. The third-order valence-corrected chi connectivity index (χ3v) is 4.42. The quantitative estimate of drug-likeness (QED) is 0.626. The number of carbonyl (C=O) groups excluding carboxylic acids is 1. The summed E-state index contributed by atoms with van der Waals surface area (Å²) in [6.45, 7) is 0.674. The third-order valence-electron chi connectivity index (χ3n) is 4.42. The molecule has 2 amide bonds. The Hall–Kier alpha value is -2.24. The number of aromatic hydroxyl groups is 1. The van der Waals surface area contributed by atoms with Crippen LogP contribution in [0.15, 0.2) is 18.2 Å². The molecule has 0 aromatic heterocycles. The van der Waals surface area contributed by atoms with E-state index in [0.29, 0.717) is 17.6 Å². The lowest BCUT2D eigenvalue weighted by molar-refractivity contribution is 0.0693. The number of carbonyl (C=O) groups is 2. The summed E-state index contributed by atoms with van der Waals surface area (Å²) >= 11 is 0. The van der Waals surface area contributed by atoms with Crippen molar-refractivity contribution in [2.45, 2.75) is 25.7 Å². The number of anilines is 1. The molecule has 3 rings (SSSR count). The molecular formula is C15H18N2O4. The Morgan fingerprint density at radius 3 is 2.57 bits per heavy atom. The maximum Gasteiger partial charge on any atom is 0.339 e. The molecule has 0 heterocycles. The summed E-state index contributed by atoms with van der Waals surface area (Å²) in [5, 5.41) is 23.8. The fourth-order valence-electron chi connectivity index (χ4n) is 2.80. The number of phenols is 1. The lowest BCUT2D eigenvalue weighted by Crippen LogP contribution is -2.34. The lowest BCUT2D eigenvalue weighted by Gasteiger charge is -2.15. The molecule has 0 aliphatic heterocycles. The van der Waals surface area contributed by atoms with E-state index in [1.807, 2.05) is 0 Å². The number of carboxylic acid groups (broad SMARTS) is 1. The average Bonchev–Trinajstić information content (AvgIpc) is 3.31. The Balaban J connectivity index is 1.57. The highest BCUT2D eigenvalue weighted by Gasteiger charge is 2.53. The summed E-state index contributed by atoms with van der Waals surface area (Å²) in [6.07, 6.45) is 4.90. The third kappa shape index (κ3) is 2.94. The zero-order valence-electron chi connectivity index (χ0n) is 11.6. The van der Waals surface area contributed by atoms with E-state index in [2.05, 4.69) is 10.6 Å². The highest BCUT2D eigenvalue weighted by atomic mass is 16.4. The van der Waals surface area contributed by atoms with Gasteiger partial charge in [-0.25, -0.2) is 9.59 Å². The highest BCUT2D eigenvalue weighted by molar-refractivity contribution is 5.95. The molecule has 0 unspecified atom stereocenters. The minimum Gasteiger partial charge on any atom is -0.507 e. The van der Waals surface area contributed by atoms with Gasteiger partial charge in [0, 0.05) is 12.2 Å². The molecule has 2 fully saturated rings. The van der Waals surface area contributed by atoms with Gasteiger partial charge in [0.1, 0.15) is 11.3 Å². The van der Waals surface area contributed by atoms with Gasteiger partial charge in [0.2, 0.25) is 0 Å². The number of hydrogen-bond donors (Lipinski definition) is 4.